The molecular weight excluding hydrogens is 238 g/mol. The number of amides is 1. The fraction of sp³-hybridized carbons (Fsp3) is 0.917. The number of hydrogen-bond acceptors (Lipinski definition) is 4. The number of rotatable bonds is 7. The van der Waals surface area contributed by atoms with E-state index in [0.29, 0.717) is 25.6 Å². The predicted molar refractivity (Wildman–Crippen MR) is 70.2 cm³/mol. The van der Waals surface area contributed by atoms with E-state index in [-0.39, 0.29) is 12.5 Å². The van der Waals surface area contributed by atoms with Gasteiger partial charge in [0.1, 0.15) is 0 Å². The second kappa shape index (κ2) is 8.78. The highest BCUT2D eigenvalue weighted by Gasteiger charge is 2.15. The van der Waals surface area contributed by atoms with Crippen LogP contribution in [0.25, 0.3) is 0 Å². The summed E-state index contributed by atoms with van der Waals surface area (Å²) >= 11 is 1.82. The zero-order valence-electron chi connectivity index (χ0n) is 10.6. The number of morpholine rings is 1. The van der Waals surface area contributed by atoms with Gasteiger partial charge in [0.15, 0.2) is 0 Å². The SMILES string of the molecule is CC(CO)CSCCCC(=O)N1CCOCC1. The topological polar surface area (TPSA) is 49.8 Å². The van der Waals surface area contributed by atoms with E-state index in [0.717, 1.165) is 31.0 Å². The Kier molecular flexibility index (Phi) is 7.64. The first-order valence-electron chi connectivity index (χ1n) is 6.28. The Morgan fingerprint density at radius 1 is 1.47 bits per heavy atom. The Morgan fingerprint density at radius 3 is 2.82 bits per heavy atom. The Bertz CT molecular complexity index is 220. The number of ether oxygens (including phenoxy) is 1. The van der Waals surface area contributed by atoms with Gasteiger partial charge in [0.05, 0.1) is 13.2 Å². The molecule has 1 atom stereocenters. The Hall–Kier alpha value is -0.260. The van der Waals surface area contributed by atoms with E-state index < -0.39 is 0 Å². The summed E-state index contributed by atoms with van der Waals surface area (Å²) in [6.45, 7) is 5.12. The third kappa shape index (κ3) is 6.29. The molecular formula is C12H23NO3S. The van der Waals surface area contributed by atoms with Gasteiger partial charge in [0, 0.05) is 26.1 Å². The molecule has 1 aliphatic rings. The van der Waals surface area contributed by atoms with Crippen LogP contribution in [-0.4, -0.2) is 60.3 Å². The van der Waals surface area contributed by atoms with Gasteiger partial charge < -0.3 is 14.7 Å². The minimum Gasteiger partial charge on any atom is -0.396 e. The van der Waals surface area contributed by atoms with Gasteiger partial charge in [0.2, 0.25) is 5.91 Å². The molecule has 0 radical (unpaired) electrons. The van der Waals surface area contributed by atoms with Crippen molar-refractivity contribution in [3.8, 4) is 0 Å². The highest BCUT2D eigenvalue weighted by molar-refractivity contribution is 7.99. The molecule has 17 heavy (non-hydrogen) atoms. The highest BCUT2D eigenvalue weighted by Crippen LogP contribution is 2.11. The summed E-state index contributed by atoms with van der Waals surface area (Å²) in [6.07, 6.45) is 1.57. The summed E-state index contributed by atoms with van der Waals surface area (Å²) in [4.78, 5) is 13.7. The minimum atomic E-state index is 0.250. The number of thioether (sulfide) groups is 1. The molecule has 0 aromatic heterocycles. The van der Waals surface area contributed by atoms with Crippen LogP contribution in [0.5, 0.6) is 0 Å². The second-order valence-corrected chi connectivity index (χ2v) is 5.61. The van der Waals surface area contributed by atoms with Crippen LogP contribution in [0.4, 0.5) is 0 Å². The zero-order valence-corrected chi connectivity index (χ0v) is 11.4. The van der Waals surface area contributed by atoms with E-state index in [1.165, 1.54) is 0 Å². The van der Waals surface area contributed by atoms with Crippen molar-refractivity contribution >= 4 is 17.7 Å². The largest absolute Gasteiger partial charge is 0.396 e. The van der Waals surface area contributed by atoms with Crippen LogP contribution in [0.15, 0.2) is 0 Å². The maximum atomic E-state index is 11.8. The van der Waals surface area contributed by atoms with E-state index in [1.54, 1.807) is 0 Å². The van der Waals surface area contributed by atoms with Gasteiger partial charge in [-0.25, -0.2) is 0 Å². The molecule has 1 amide bonds. The van der Waals surface area contributed by atoms with Crippen LogP contribution in [0.3, 0.4) is 0 Å². The third-order valence-corrected chi connectivity index (χ3v) is 4.14. The average molecular weight is 261 g/mol. The van der Waals surface area contributed by atoms with Crippen molar-refractivity contribution in [1.82, 2.24) is 4.90 Å². The molecule has 5 heteroatoms. The fourth-order valence-electron chi connectivity index (χ4n) is 1.63. The van der Waals surface area contributed by atoms with E-state index in [2.05, 4.69) is 0 Å². The first-order chi connectivity index (χ1) is 8.24. The average Bonchev–Trinajstić information content (AvgIpc) is 2.38. The molecule has 1 N–H and O–H groups in total. The Labute approximate surface area is 108 Å². The molecule has 0 aromatic rings. The predicted octanol–water partition coefficient (Wildman–Crippen LogP) is 0.987. The number of carbonyl (C=O) groups is 1. The Balaban J connectivity index is 2.00. The van der Waals surface area contributed by atoms with E-state index >= 15 is 0 Å². The summed E-state index contributed by atoms with van der Waals surface area (Å²) in [5, 5.41) is 8.86. The number of hydrogen-bond donors (Lipinski definition) is 1. The normalized spacial score (nSPS) is 18.1. The van der Waals surface area contributed by atoms with Crippen molar-refractivity contribution in [2.45, 2.75) is 19.8 Å². The molecule has 1 aliphatic heterocycles. The lowest BCUT2D eigenvalue weighted by molar-refractivity contribution is -0.135. The molecule has 0 bridgehead atoms. The lowest BCUT2D eigenvalue weighted by Gasteiger charge is -2.26. The zero-order chi connectivity index (χ0) is 12.5. The van der Waals surface area contributed by atoms with Gasteiger partial charge in [-0.1, -0.05) is 6.92 Å². The van der Waals surface area contributed by atoms with Crippen LogP contribution in [-0.2, 0) is 9.53 Å². The molecule has 100 valence electrons. The second-order valence-electron chi connectivity index (χ2n) is 4.46. The maximum Gasteiger partial charge on any atom is 0.222 e. The highest BCUT2D eigenvalue weighted by atomic mass is 32.2. The smallest absolute Gasteiger partial charge is 0.222 e. The first kappa shape index (κ1) is 14.8. The third-order valence-electron chi connectivity index (χ3n) is 2.76. The van der Waals surface area contributed by atoms with Crippen molar-refractivity contribution in [2.24, 2.45) is 5.92 Å². The molecule has 0 saturated carbocycles. The first-order valence-corrected chi connectivity index (χ1v) is 7.43. The summed E-state index contributed by atoms with van der Waals surface area (Å²) in [7, 11) is 0. The molecule has 1 heterocycles. The van der Waals surface area contributed by atoms with Crippen molar-refractivity contribution in [2.75, 3.05) is 44.4 Å². The van der Waals surface area contributed by atoms with Crippen molar-refractivity contribution in [3.05, 3.63) is 0 Å². The molecule has 0 aromatic carbocycles. The van der Waals surface area contributed by atoms with Gasteiger partial charge in [0.25, 0.3) is 0 Å². The van der Waals surface area contributed by atoms with E-state index in [1.807, 2.05) is 23.6 Å². The minimum absolute atomic E-state index is 0.250. The fourth-order valence-corrected chi connectivity index (χ4v) is 2.66. The van der Waals surface area contributed by atoms with Crippen molar-refractivity contribution in [1.29, 1.82) is 0 Å². The number of aliphatic hydroxyl groups excluding tert-OH is 1. The van der Waals surface area contributed by atoms with Gasteiger partial charge in [-0.15, -0.1) is 0 Å². The van der Waals surface area contributed by atoms with Crippen LogP contribution >= 0.6 is 11.8 Å². The van der Waals surface area contributed by atoms with Crippen LogP contribution in [0.2, 0.25) is 0 Å². The number of aliphatic hydroxyl groups is 1. The van der Waals surface area contributed by atoms with Crippen LogP contribution in [0.1, 0.15) is 19.8 Å². The van der Waals surface area contributed by atoms with Crippen molar-refractivity contribution in [3.63, 3.8) is 0 Å². The molecule has 1 fully saturated rings. The molecule has 4 nitrogen and oxygen atoms in total. The lowest BCUT2D eigenvalue weighted by Crippen LogP contribution is -2.40. The monoisotopic (exact) mass is 261 g/mol. The van der Waals surface area contributed by atoms with Gasteiger partial charge >= 0.3 is 0 Å². The molecule has 0 aliphatic carbocycles. The standard InChI is InChI=1S/C12H23NO3S/c1-11(9-14)10-17-8-2-3-12(15)13-4-6-16-7-5-13/h11,14H,2-10H2,1H3. The Morgan fingerprint density at radius 2 is 2.18 bits per heavy atom. The summed E-state index contributed by atoms with van der Waals surface area (Å²) in [5.41, 5.74) is 0. The van der Waals surface area contributed by atoms with Gasteiger partial charge in [-0.3, -0.25) is 4.79 Å². The molecule has 1 saturated heterocycles. The number of nitrogens with zero attached hydrogens (tertiary/aromatic N) is 1. The van der Waals surface area contributed by atoms with Gasteiger partial charge in [-0.2, -0.15) is 11.8 Å². The maximum absolute atomic E-state index is 11.8. The van der Waals surface area contributed by atoms with E-state index in [9.17, 15) is 4.79 Å². The lowest BCUT2D eigenvalue weighted by atomic mass is 10.2. The van der Waals surface area contributed by atoms with Crippen LogP contribution in [0, 0.1) is 5.92 Å². The summed E-state index contributed by atoms with van der Waals surface area (Å²) in [6, 6.07) is 0. The molecule has 1 unspecified atom stereocenters. The molecule has 1 rings (SSSR count). The quantitative estimate of drug-likeness (QED) is 0.694. The number of carbonyl (C=O) groups excluding carboxylic acids is 1. The van der Waals surface area contributed by atoms with Crippen LogP contribution < -0.4 is 0 Å². The summed E-state index contributed by atoms with van der Waals surface area (Å²) in [5.74, 6) is 2.59. The van der Waals surface area contributed by atoms with Gasteiger partial charge in [-0.05, 0) is 23.8 Å². The summed E-state index contributed by atoms with van der Waals surface area (Å²) < 4.78 is 5.21. The molecule has 0 spiro atoms. The van der Waals surface area contributed by atoms with E-state index in [4.69, 9.17) is 9.84 Å². The van der Waals surface area contributed by atoms with Crippen molar-refractivity contribution < 1.29 is 14.6 Å².